The van der Waals surface area contributed by atoms with Crippen molar-refractivity contribution in [2.75, 3.05) is 12.3 Å². The molecule has 1 aliphatic rings. The van der Waals surface area contributed by atoms with Crippen LogP contribution in [0.25, 0.3) is 0 Å². The first kappa shape index (κ1) is 15.6. The summed E-state index contributed by atoms with van der Waals surface area (Å²) >= 11 is 0. The topological polar surface area (TPSA) is 172 Å². The molecule has 2 aromatic rings. The van der Waals surface area contributed by atoms with Crippen molar-refractivity contribution in [1.29, 1.82) is 0 Å². The molecule has 1 fully saturated rings. The Hall–Kier alpha value is -2.34. The van der Waals surface area contributed by atoms with E-state index in [1.54, 1.807) is 0 Å². The highest BCUT2D eigenvalue weighted by Gasteiger charge is 2.43. The number of H-pyrrole nitrogens is 1. The van der Waals surface area contributed by atoms with Crippen molar-refractivity contribution in [3.63, 3.8) is 0 Å². The van der Waals surface area contributed by atoms with E-state index in [1.807, 2.05) is 0 Å². The third-order valence-electron chi connectivity index (χ3n) is 3.69. The van der Waals surface area contributed by atoms with Gasteiger partial charge in [0.05, 0.1) is 18.5 Å². The number of aromatic nitrogens is 5. The van der Waals surface area contributed by atoms with Gasteiger partial charge in [0.2, 0.25) is 0 Å². The normalized spacial score (nSPS) is 27.4. The van der Waals surface area contributed by atoms with Gasteiger partial charge in [0.1, 0.15) is 24.1 Å². The number of nitrogens with one attached hydrogen (secondary N) is 1. The van der Waals surface area contributed by atoms with Crippen molar-refractivity contribution >= 4 is 5.82 Å². The smallest absolute Gasteiger partial charge is 0.351 e. The summed E-state index contributed by atoms with van der Waals surface area (Å²) in [5.74, 6) is 0.0287. The molecule has 23 heavy (non-hydrogen) atoms. The summed E-state index contributed by atoms with van der Waals surface area (Å²) in [7, 11) is 0. The lowest BCUT2D eigenvalue weighted by Crippen LogP contribution is -2.36. The Kier molecular flexibility index (Phi) is 4.09. The molecule has 0 bridgehead atoms. The molecule has 11 nitrogen and oxygen atoms in total. The fourth-order valence-electron chi connectivity index (χ4n) is 2.46. The molecule has 0 saturated carbocycles. The first-order valence-corrected chi connectivity index (χ1v) is 6.86. The van der Waals surface area contributed by atoms with Gasteiger partial charge in [-0.25, -0.2) is 4.79 Å². The molecular formula is C12H16N6O5. The van der Waals surface area contributed by atoms with Gasteiger partial charge in [-0.1, -0.05) is 0 Å². The molecule has 0 amide bonds. The van der Waals surface area contributed by atoms with E-state index in [2.05, 4.69) is 20.4 Å². The van der Waals surface area contributed by atoms with E-state index in [-0.39, 0.29) is 12.2 Å². The van der Waals surface area contributed by atoms with Crippen LogP contribution >= 0.6 is 0 Å². The SMILES string of the molecule is Nc1nc(=O)n([C@@H]2O[C@H](CO)C(O)[C@@H]2O)cc1Cc1cn[nH]n1. The quantitative estimate of drug-likeness (QED) is 0.396. The molecule has 6 N–H and O–H groups in total. The van der Waals surface area contributed by atoms with Gasteiger partial charge in [-0.05, 0) is 0 Å². The van der Waals surface area contributed by atoms with Crippen molar-refractivity contribution in [3.8, 4) is 0 Å². The van der Waals surface area contributed by atoms with Gasteiger partial charge in [0.25, 0.3) is 0 Å². The van der Waals surface area contributed by atoms with Crippen LogP contribution in [0.1, 0.15) is 17.5 Å². The first-order valence-electron chi connectivity index (χ1n) is 6.86. The maximum absolute atomic E-state index is 12.0. The summed E-state index contributed by atoms with van der Waals surface area (Å²) in [5.41, 5.74) is 6.08. The molecule has 1 saturated heterocycles. The minimum Gasteiger partial charge on any atom is -0.394 e. The maximum Gasteiger partial charge on any atom is 0.351 e. The summed E-state index contributed by atoms with van der Waals surface area (Å²) in [6.45, 7) is -0.488. The number of hydrogen-bond donors (Lipinski definition) is 5. The molecule has 1 aliphatic heterocycles. The third kappa shape index (κ3) is 2.82. The zero-order valence-corrected chi connectivity index (χ0v) is 11.9. The summed E-state index contributed by atoms with van der Waals surface area (Å²) in [5, 5.41) is 39.0. The Morgan fingerprint density at radius 1 is 1.39 bits per heavy atom. The predicted octanol–water partition coefficient (Wildman–Crippen LogP) is -2.85. The van der Waals surface area contributed by atoms with E-state index in [4.69, 9.17) is 15.6 Å². The fraction of sp³-hybridized carbons (Fsp3) is 0.500. The Morgan fingerprint density at radius 2 is 2.17 bits per heavy atom. The van der Waals surface area contributed by atoms with E-state index in [1.165, 1.54) is 12.4 Å². The highest BCUT2D eigenvalue weighted by molar-refractivity contribution is 5.39. The number of anilines is 1. The largest absolute Gasteiger partial charge is 0.394 e. The van der Waals surface area contributed by atoms with Crippen LogP contribution in [0, 0.1) is 0 Å². The number of rotatable bonds is 4. The van der Waals surface area contributed by atoms with Crippen molar-refractivity contribution < 1.29 is 20.1 Å². The second-order valence-electron chi connectivity index (χ2n) is 5.21. The van der Waals surface area contributed by atoms with Crippen molar-refractivity contribution in [3.05, 3.63) is 34.1 Å². The van der Waals surface area contributed by atoms with Gasteiger partial charge < -0.3 is 25.8 Å². The number of aromatic amines is 1. The predicted molar refractivity (Wildman–Crippen MR) is 75.1 cm³/mol. The summed E-state index contributed by atoms with van der Waals surface area (Å²) in [6.07, 6.45) is -1.69. The molecular weight excluding hydrogens is 308 g/mol. The van der Waals surface area contributed by atoms with E-state index in [9.17, 15) is 15.0 Å². The summed E-state index contributed by atoms with van der Waals surface area (Å²) in [6, 6.07) is 0. The Balaban J connectivity index is 1.95. The molecule has 3 rings (SSSR count). The molecule has 0 spiro atoms. The van der Waals surface area contributed by atoms with Crippen LogP contribution in [-0.2, 0) is 11.2 Å². The molecule has 0 aliphatic carbocycles. The zero-order valence-electron chi connectivity index (χ0n) is 11.9. The average molecular weight is 324 g/mol. The third-order valence-corrected chi connectivity index (χ3v) is 3.69. The van der Waals surface area contributed by atoms with Crippen LogP contribution < -0.4 is 11.4 Å². The summed E-state index contributed by atoms with van der Waals surface area (Å²) in [4.78, 5) is 15.7. The number of aliphatic hydroxyl groups excluding tert-OH is 3. The van der Waals surface area contributed by atoms with Gasteiger partial charge in [-0.2, -0.15) is 20.4 Å². The Morgan fingerprint density at radius 3 is 2.78 bits per heavy atom. The van der Waals surface area contributed by atoms with Gasteiger partial charge in [0.15, 0.2) is 6.23 Å². The molecule has 1 unspecified atom stereocenters. The molecule has 0 aromatic carbocycles. The number of ether oxygens (including phenoxy) is 1. The molecule has 124 valence electrons. The van der Waals surface area contributed by atoms with Crippen molar-refractivity contribution in [2.24, 2.45) is 0 Å². The number of nitrogens with zero attached hydrogens (tertiary/aromatic N) is 4. The minimum atomic E-state index is -1.38. The van der Waals surface area contributed by atoms with Gasteiger partial charge >= 0.3 is 5.69 Å². The van der Waals surface area contributed by atoms with Crippen LogP contribution in [0.15, 0.2) is 17.2 Å². The molecule has 2 aromatic heterocycles. The van der Waals surface area contributed by atoms with Crippen LogP contribution in [0.2, 0.25) is 0 Å². The molecule has 11 heteroatoms. The van der Waals surface area contributed by atoms with Gasteiger partial charge in [0, 0.05) is 18.2 Å². The molecule has 4 atom stereocenters. The van der Waals surface area contributed by atoms with Gasteiger partial charge in [-0.15, -0.1) is 0 Å². The molecule has 3 heterocycles. The zero-order chi connectivity index (χ0) is 16.6. The fourth-order valence-corrected chi connectivity index (χ4v) is 2.46. The van der Waals surface area contributed by atoms with E-state index < -0.39 is 36.8 Å². The van der Waals surface area contributed by atoms with Crippen molar-refractivity contribution in [2.45, 2.75) is 31.0 Å². The van der Waals surface area contributed by atoms with Gasteiger partial charge in [-0.3, -0.25) is 4.57 Å². The number of nitrogen functional groups attached to an aromatic ring is 1. The standard InChI is InChI=1S/C12H16N6O5/c13-10-5(1-6-2-14-17-16-6)3-18(12(22)15-10)11-9(21)8(20)7(4-19)23-11/h2-3,7-9,11,19-21H,1,4H2,(H2,13,15,22)(H,14,16,17)/t7-,8?,9+,11-/m1/s1. The highest BCUT2D eigenvalue weighted by Crippen LogP contribution is 2.28. The van der Waals surface area contributed by atoms with Crippen LogP contribution in [0.5, 0.6) is 0 Å². The average Bonchev–Trinajstić information content (AvgIpc) is 3.12. The Labute approximate surface area is 129 Å². The number of nitrogens with two attached hydrogens (primary N) is 1. The first-order chi connectivity index (χ1) is 11.0. The highest BCUT2D eigenvalue weighted by atomic mass is 16.6. The minimum absolute atomic E-state index is 0.0287. The number of aliphatic hydroxyl groups is 3. The van der Waals surface area contributed by atoms with Crippen LogP contribution in [0.3, 0.4) is 0 Å². The second-order valence-corrected chi connectivity index (χ2v) is 5.21. The van der Waals surface area contributed by atoms with Crippen molar-refractivity contribution in [1.82, 2.24) is 25.0 Å². The second kappa shape index (κ2) is 6.04. The lowest BCUT2D eigenvalue weighted by molar-refractivity contribution is -0.0550. The van der Waals surface area contributed by atoms with E-state index in [0.29, 0.717) is 11.3 Å². The van der Waals surface area contributed by atoms with Crippen LogP contribution in [-0.4, -0.2) is 65.2 Å². The van der Waals surface area contributed by atoms with E-state index >= 15 is 0 Å². The Bertz CT molecular complexity index is 732. The lowest BCUT2D eigenvalue weighted by Gasteiger charge is -2.18. The van der Waals surface area contributed by atoms with E-state index in [0.717, 1.165) is 4.57 Å². The van der Waals surface area contributed by atoms with Crippen LogP contribution in [0.4, 0.5) is 5.82 Å². The molecule has 0 radical (unpaired) electrons. The number of hydrogen-bond acceptors (Lipinski definition) is 9. The lowest BCUT2D eigenvalue weighted by atomic mass is 10.1. The maximum atomic E-state index is 12.0. The monoisotopic (exact) mass is 324 g/mol. The summed E-state index contributed by atoms with van der Waals surface area (Å²) < 4.78 is 6.37.